The third-order valence-electron chi connectivity index (χ3n) is 3.95. The van der Waals surface area contributed by atoms with Gasteiger partial charge in [0, 0.05) is 5.56 Å². The third-order valence-corrected chi connectivity index (χ3v) is 4.49. The molecule has 28 heavy (non-hydrogen) atoms. The molecule has 8 heteroatoms. The number of aromatic nitrogens is 2. The van der Waals surface area contributed by atoms with Crippen LogP contribution >= 0.6 is 11.8 Å². The first-order valence-electron chi connectivity index (χ1n) is 8.56. The molecule has 0 fully saturated rings. The van der Waals surface area contributed by atoms with Crippen molar-refractivity contribution >= 4 is 40.6 Å². The Morgan fingerprint density at radius 2 is 1.79 bits per heavy atom. The molecule has 0 aliphatic carbocycles. The fraction of sp³-hybridized carbons (Fsp3) is 0.200. The molecule has 0 unspecified atom stereocenters. The van der Waals surface area contributed by atoms with Gasteiger partial charge in [0.15, 0.2) is 6.61 Å². The second kappa shape index (κ2) is 9.18. The molecule has 144 valence electrons. The maximum atomic E-state index is 12.2. The molecule has 2 amide bonds. The number of benzene rings is 2. The summed E-state index contributed by atoms with van der Waals surface area (Å²) in [4.78, 5) is 40.6. The molecular formula is C20H19N3O4S. The predicted octanol–water partition coefficient (Wildman–Crippen LogP) is 2.40. The van der Waals surface area contributed by atoms with Crippen LogP contribution in [0.1, 0.15) is 16.2 Å². The summed E-state index contributed by atoms with van der Waals surface area (Å²) in [5.74, 6) is -0.387. The van der Waals surface area contributed by atoms with Gasteiger partial charge in [0.1, 0.15) is 12.4 Å². The van der Waals surface area contributed by atoms with E-state index in [4.69, 9.17) is 4.74 Å². The van der Waals surface area contributed by atoms with Gasteiger partial charge < -0.3 is 9.30 Å². The van der Waals surface area contributed by atoms with Crippen molar-refractivity contribution in [1.82, 2.24) is 14.9 Å². The Bertz CT molecular complexity index is 1000. The molecule has 1 N–H and O–H groups in total. The van der Waals surface area contributed by atoms with E-state index in [9.17, 15) is 14.4 Å². The van der Waals surface area contributed by atoms with Crippen LogP contribution in [0.25, 0.3) is 11.0 Å². The van der Waals surface area contributed by atoms with Crippen molar-refractivity contribution in [3.8, 4) is 0 Å². The van der Waals surface area contributed by atoms with Gasteiger partial charge in [-0.25, -0.2) is 4.98 Å². The standard InChI is InChI=1S/C20H19N3O4S/c1-28-13-17-21-15-9-5-6-10-16(15)23(17)11-19(25)27-12-18(24)22-20(26)14-7-3-2-4-8-14/h2-10H,11-13H2,1H3,(H,22,24,26). The largest absolute Gasteiger partial charge is 0.454 e. The fourth-order valence-corrected chi connectivity index (χ4v) is 3.16. The number of para-hydroxylation sites is 2. The Balaban J connectivity index is 1.59. The maximum absolute atomic E-state index is 12.2. The number of carbonyl (C=O) groups excluding carboxylic acids is 3. The van der Waals surface area contributed by atoms with Gasteiger partial charge >= 0.3 is 5.97 Å². The van der Waals surface area contributed by atoms with Gasteiger partial charge in [-0.05, 0) is 30.5 Å². The number of imidazole rings is 1. The number of hydrogen-bond acceptors (Lipinski definition) is 6. The molecule has 0 aliphatic heterocycles. The number of nitrogens with zero attached hydrogens (tertiary/aromatic N) is 2. The van der Waals surface area contributed by atoms with Gasteiger partial charge in [0.05, 0.1) is 16.8 Å². The molecule has 0 bridgehead atoms. The zero-order valence-corrected chi connectivity index (χ0v) is 16.1. The first-order valence-corrected chi connectivity index (χ1v) is 9.96. The first-order chi connectivity index (χ1) is 13.6. The minimum absolute atomic E-state index is 0.0592. The monoisotopic (exact) mass is 397 g/mol. The Labute approximate surface area is 166 Å². The highest BCUT2D eigenvalue weighted by Gasteiger charge is 2.16. The van der Waals surface area contributed by atoms with Crippen LogP contribution in [0, 0.1) is 0 Å². The lowest BCUT2D eigenvalue weighted by Crippen LogP contribution is -2.34. The fourth-order valence-electron chi connectivity index (χ4n) is 2.69. The molecule has 3 rings (SSSR count). The van der Waals surface area contributed by atoms with E-state index in [-0.39, 0.29) is 6.54 Å². The van der Waals surface area contributed by atoms with Gasteiger partial charge in [-0.3, -0.25) is 19.7 Å². The highest BCUT2D eigenvalue weighted by molar-refractivity contribution is 7.97. The Hall–Kier alpha value is -3.13. The number of imide groups is 1. The number of esters is 1. The highest BCUT2D eigenvalue weighted by Crippen LogP contribution is 2.19. The van der Waals surface area contributed by atoms with E-state index >= 15 is 0 Å². The van der Waals surface area contributed by atoms with E-state index in [1.165, 1.54) is 0 Å². The summed E-state index contributed by atoms with van der Waals surface area (Å²) >= 11 is 1.60. The molecule has 0 saturated heterocycles. The van der Waals surface area contributed by atoms with E-state index in [0.717, 1.165) is 16.9 Å². The van der Waals surface area contributed by atoms with E-state index in [2.05, 4.69) is 10.3 Å². The SMILES string of the molecule is CSCc1nc2ccccc2n1CC(=O)OCC(=O)NC(=O)c1ccccc1. The molecule has 0 spiro atoms. The minimum Gasteiger partial charge on any atom is -0.454 e. The third kappa shape index (κ3) is 4.77. The summed E-state index contributed by atoms with van der Waals surface area (Å²) < 4.78 is 6.82. The molecule has 0 saturated carbocycles. The predicted molar refractivity (Wildman–Crippen MR) is 107 cm³/mol. The Kier molecular flexibility index (Phi) is 6.44. The van der Waals surface area contributed by atoms with Gasteiger partial charge in [-0.15, -0.1) is 0 Å². The second-order valence-electron chi connectivity index (χ2n) is 5.94. The number of ether oxygens (including phenoxy) is 1. The lowest BCUT2D eigenvalue weighted by molar-refractivity contribution is -0.148. The number of amides is 2. The molecule has 3 aromatic rings. The molecule has 7 nitrogen and oxygen atoms in total. The van der Waals surface area contributed by atoms with Crippen LogP contribution in [0.5, 0.6) is 0 Å². The number of hydrogen-bond donors (Lipinski definition) is 1. The molecule has 0 radical (unpaired) electrons. The summed E-state index contributed by atoms with van der Waals surface area (Å²) in [6, 6.07) is 15.9. The van der Waals surface area contributed by atoms with Crippen LogP contribution in [-0.2, 0) is 26.6 Å². The van der Waals surface area contributed by atoms with Crippen molar-refractivity contribution < 1.29 is 19.1 Å². The van der Waals surface area contributed by atoms with E-state index in [1.54, 1.807) is 46.7 Å². The van der Waals surface area contributed by atoms with Crippen molar-refractivity contribution in [1.29, 1.82) is 0 Å². The normalized spacial score (nSPS) is 10.6. The van der Waals surface area contributed by atoms with Crippen molar-refractivity contribution in [2.24, 2.45) is 0 Å². The molecule has 1 heterocycles. The lowest BCUT2D eigenvalue weighted by atomic mass is 10.2. The zero-order valence-electron chi connectivity index (χ0n) is 15.3. The van der Waals surface area contributed by atoms with Crippen molar-refractivity contribution in [3.05, 3.63) is 66.0 Å². The van der Waals surface area contributed by atoms with E-state index in [0.29, 0.717) is 11.3 Å². The topological polar surface area (TPSA) is 90.3 Å². The van der Waals surface area contributed by atoms with Crippen LogP contribution in [0.3, 0.4) is 0 Å². The summed E-state index contributed by atoms with van der Waals surface area (Å²) in [6.45, 7) is -0.585. The van der Waals surface area contributed by atoms with Crippen LogP contribution in [0.4, 0.5) is 0 Å². The number of nitrogens with one attached hydrogen (secondary N) is 1. The summed E-state index contributed by atoms with van der Waals surface area (Å²) in [5, 5.41) is 2.19. The van der Waals surface area contributed by atoms with Crippen LogP contribution in [0.2, 0.25) is 0 Å². The average Bonchev–Trinajstić information content (AvgIpc) is 3.04. The van der Waals surface area contributed by atoms with Crippen LogP contribution < -0.4 is 5.32 Å². The molecule has 0 atom stereocenters. The Morgan fingerprint density at radius 3 is 2.54 bits per heavy atom. The van der Waals surface area contributed by atoms with Gasteiger partial charge in [0.25, 0.3) is 11.8 Å². The quantitative estimate of drug-likeness (QED) is 0.616. The molecule has 2 aromatic carbocycles. The summed E-state index contributed by atoms with van der Waals surface area (Å²) in [7, 11) is 0. The number of fused-ring (bicyclic) bond motifs is 1. The number of thioether (sulfide) groups is 1. The average molecular weight is 397 g/mol. The van der Waals surface area contributed by atoms with Crippen molar-refractivity contribution in [3.63, 3.8) is 0 Å². The van der Waals surface area contributed by atoms with Gasteiger partial charge in [-0.2, -0.15) is 11.8 Å². The number of rotatable bonds is 7. The lowest BCUT2D eigenvalue weighted by Gasteiger charge is -2.09. The van der Waals surface area contributed by atoms with Crippen molar-refractivity contribution in [2.75, 3.05) is 12.9 Å². The van der Waals surface area contributed by atoms with Crippen molar-refractivity contribution in [2.45, 2.75) is 12.3 Å². The summed E-state index contributed by atoms with van der Waals surface area (Å²) in [6.07, 6.45) is 1.95. The smallest absolute Gasteiger partial charge is 0.326 e. The number of carbonyl (C=O) groups is 3. The highest BCUT2D eigenvalue weighted by atomic mass is 32.2. The second-order valence-corrected chi connectivity index (χ2v) is 6.81. The van der Waals surface area contributed by atoms with E-state index < -0.39 is 24.4 Å². The van der Waals surface area contributed by atoms with Crippen LogP contribution in [-0.4, -0.2) is 40.2 Å². The molecule has 0 aliphatic rings. The summed E-state index contributed by atoms with van der Waals surface area (Å²) in [5.41, 5.74) is 1.98. The Morgan fingerprint density at radius 1 is 1.07 bits per heavy atom. The zero-order chi connectivity index (χ0) is 19.9. The van der Waals surface area contributed by atoms with E-state index in [1.807, 2.05) is 30.5 Å². The first kappa shape index (κ1) is 19.6. The maximum Gasteiger partial charge on any atom is 0.326 e. The molecular weight excluding hydrogens is 378 g/mol. The van der Waals surface area contributed by atoms with Gasteiger partial charge in [-0.1, -0.05) is 30.3 Å². The minimum atomic E-state index is -0.679. The molecule has 1 aromatic heterocycles. The van der Waals surface area contributed by atoms with Gasteiger partial charge in [0.2, 0.25) is 0 Å². The van der Waals surface area contributed by atoms with Crippen LogP contribution in [0.15, 0.2) is 54.6 Å².